The van der Waals surface area contributed by atoms with Gasteiger partial charge in [-0.3, -0.25) is 4.79 Å². The SMILES string of the molecule is O=C1NCCOc2ccc(OCc3c(Cl)cccc3Cl)cc21. The molecule has 1 heterocycles. The van der Waals surface area contributed by atoms with Gasteiger partial charge < -0.3 is 14.8 Å². The van der Waals surface area contributed by atoms with E-state index in [0.29, 0.717) is 45.8 Å². The van der Waals surface area contributed by atoms with E-state index in [-0.39, 0.29) is 12.5 Å². The lowest BCUT2D eigenvalue weighted by Crippen LogP contribution is -2.24. The third-order valence-electron chi connectivity index (χ3n) is 3.29. The van der Waals surface area contributed by atoms with Gasteiger partial charge in [0.15, 0.2) is 0 Å². The van der Waals surface area contributed by atoms with Crippen LogP contribution in [-0.2, 0) is 6.61 Å². The van der Waals surface area contributed by atoms with Crippen molar-refractivity contribution in [2.24, 2.45) is 0 Å². The topological polar surface area (TPSA) is 47.6 Å². The van der Waals surface area contributed by atoms with Crippen LogP contribution in [0.4, 0.5) is 0 Å². The van der Waals surface area contributed by atoms with Crippen molar-refractivity contribution in [1.82, 2.24) is 5.32 Å². The molecule has 2 aromatic rings. The van der Waals surface area contributed by atoms with E-state index in [4.69, 9.17) is 32.7 Å². The molecular weight excluding hydrogens is 325 g/mol. The minimum atomic E-state index is -0.172. The summed E-state index contributed by atoms with van der Waals surface area (Å²) in [4.78, 5) is 12.0. The summed E-state index contributed by atoms with van der Waals surface area (Å²) in [6.07, 6.45) is 0. The summed E-state index contributed by atoms with van der Waals surface area (Å²) >= 11 is 12.2. The molecule has 0 bridgehead atoms. The number of amides is 1. The van der Waals surface area contributed by atoms with E-state index in [1.807, 2.05) is 0 Å². The summed E-state index contributed by atoms with van der Waals surface area (Å²) in [5, 5.41) is 3.85. The van der Waals surface area contributed by atoms with Gasteiger partial charge in [0.05, 0.1) is 12.1 Å². The Hall–Kier alpha value is -1.91. The van der Waals surface area contributed by atoms with Gasteiger partial charge in [-0.15, -0.1) is 0 Å². The predicted octanol–water partition coefficient (Wildman–Crippen LogP) is 3.69. The van der Waals surface area contributed by atoms with Gasteiger partial charge in [0.1, 0.15) is 24.7 Å². The quantitative estimate of drug-likeness (QED) is 0.928. The van der Waals surface area contributed by atoms with Gasteiger partial charge in [0.25, 0.3) is 5.91 Å². The maximum Gasteiger partial charge on any atom is 0.255 e. The number of hydrogen-bond donors (Lipinski definition) is 1. The molecule has 0 radical (unpaired) electrons. The van der Waals surface area contributed by atoms with Gasteiger partial charge in [0, 0.05) is 15.6 Å². The Kier molecular flexibility index (Phi) is 4.41. The maximum atomic E-state index is 12.0. The first-order chi connectivity index (χ1) is 10.6. The van der Waals surface area contributed by atoms with Crippen molar-refractivity contribution in [3.8, 4) is 11.5 Å². The Morgan fingerprint density at radius 3 is 2.73 bits per heavy atom. The van der Waals surface area contributed by atoms with E-state index in [2.05, 4.69) is 5.32 Å². The van der Waals surface area contributed by atoms with Crippen LogP contribution >= 0.6 is 23.2 Å². The lowest BCUT2D eigenvalue weighted by molar-refractivity contribution is 0.0956. The highest BCUT2D eigenvalue weighted by atomic mass is 35.5. The van der Waals surface area contributed by atoms with Gasteiger partial charge in [0.2, 0.25) is 0 Å². The Bertz CT molecular complexity index is 698. The lowest BCUT2D eigenvalue weighted by atomic mass is 10.1. The van der Waals surface area contributed by atoms with Crippen LogP contribution in [0, 0.1) is 0 Å². The zero-order valence-corrected chi connectivity index (χ0v) is 13.1. The molecule has 1 N–H and O–H groups in total. The number of benzene rings is 2. The number of rotatable bonds is 3. The monoisotopic (exact) mass is 337 g/mol. The molecule has 0 unspecified atom stereocenters. The van der Waals surface area contributed by atoms with Crippen LogP contribution in [0.5, 0.6) is 11.5 Å². The summed E-state index contributed by atoms with van der Waals surface area (Å²) in [6, 6.07) is 10.4. The molecule has 6 heteroatoms. The van der Waals surface area contributed by atoms with Crippen molar-refractivity contribution >= 4 is 29.1 Å². The van der Waals surface area contributed by atoms with E-state index in [1.165, 1.54) is 0 Å². The molecule has 22 heavy (non-hydrogen) atoms. The molecule has 0 saturated heterocycles. The third kappa shape index (κ3) is 3.13. The standard InChI is InChI=1S/C16H13Cl2NO3/c17-13-2-1-3-14(18)12(13)9-22-10-4-5-15-11(8-10)16(20)19-6-7-21-15/h1-5,8H,6-7,9H2,(H,19,20). The number of ether oxygens (including phenoxy) is 2. The molecule has 0 aromatic heterocycles. The van der Waals surface area contributed by atoms with Crippen LogP contribution in [0.25, 0.3) is 0 Å². The van der Waals surface area contributed by atoms with E-state index >= 15 is 0 Å². The van der Waals surface area contributed by atoms with Crippen LogP contribution in [0.1, 0.15) is 15.9 Å². The van der Waals surface area contributed by atoms with Gasteiger partial charge in [-0.2, -0.15) is 0 Å². The number of nitrogens with one attached hydrogen (secondary N) is 1. The average Bonchev–Trinajstić information content (AvgIpc) is 2.69. The number of carbonyl (C=O) groups is 1. The molecule has 1 aliphatic heterocycles. The Balaban J connectivity index is 1.80. The summed E-state index contributed by atoms with van der Waals surface area (Å²) in [5.74, 6) is 0.933. The minimum Gasteiger partial charge on any atom is -0.491 e. The van der Waals surface area contributed by atoms with Crippen LogP contribution in [-0.4, -0.2) is 19.1 Å². The van der Waals surface area contributed by atoms with E-state index < -0.39 is 0 Å². The third-order valence-corrected chi connectivity index (χ3v) is 3.99. The molecule has 114 valence electrons. The Labute approximate surface area is 137 Å². The Morgan fingerprint density at radius 1 is 1.18 bits per heavy atom. The first-order valence-electron chi connectivity index (χ1n) is 6.76. The zero-order chi connectivity index (χ0) is 15.5. The molecule has 2 aromatic carbocycles. The van der Waals surface area contributed by atoms with Crippen molar-refractivity contribution in [2.75, 3.05) is 13.2 Å². The van der Waals surface area contributed by atoms with Crippen molar-refractivity contribution in [2.45, 2.75) is 6.61 Å². The molecule has 0 saturated carbocycles. The first-order valence-corrected chi connectivity index (χ1v) is 7.51. The summed E-state index contributed by atoms with van der Waals surface area (Å²) in [7, 11) is 0. The van der Waals surface area contributed by atoms with Crippen molar-refractivity contribution in [1.29, 1.82) is 0 Å². The molecule has 1 aliphatic rings. The lowest BCUT2D eigenvalue weighted by Gasteiger charge is -2.11. The molecule has 1 amide bonds. The van der Waals surface area contributed by atoms with E-state index in [0.717, 1.165) is 0 Å². The highest BCUT2D eigenvalue weighted by molar-refractivity contribution is 6.35. The highest BCUT2D eigenvalue weighted by Gasteiger charge is 2.17. The van der Waals surface area contributed by atoms with E-state index in [9.17, 15) is 4.79 Å². The second-order valence-corrected chi connectivity index (χ2v) is 5.57. The number of hydrogen-bond acceptors (Lipinski definition) is 3. The van der Waals surface area contributed by atoms with Gasteiger partial charge in [-0.05, 0) is 30.3 Å². The normalized spacial score (nSPS) is 13.6. The van der Waals surface area contributed by atoms with Crippen molar-refractivity contribution in [3.05, 3.63) is 57.6 Å². The van der Waals surface area contributed by atoms with Crippen LogP contribution in [0.15, 0.2) is 36.4 Å². The van der Waals surface area contributed by atoms with Gasteiger partial charge in [-0.1, -0.05) is 29.3 Å². The molecule has 0 fully saturated rings. The van der Waals surface area contributed by atoms with Crippen LogP contribution < -0.4 is 14.8 Å². The highest BCUT2D eigenvalue weighted by Crippen LogP contribution is 2.28. The molecule has 4 nitrogen and oxygen atoms in total. The predicted molar refractivity (Wildman–Crippen MR) is 85.1 cm³/mol. The molecule has 0 aliphatic carbocycles. The largest absolute Gasteiger partial charge is 0.491 e. The second kappa shape index (κ2) is 6.46. The summed E-state index contributed by atoms with van der Waals surface area (Å²) in [5.41, 5.74) is 1.17. The fourth-order valence-corrected chi connectivity index (χ4v) is 2.66. The molecule has 0 spiro atoms. The number of halogens is 2. The second-order valence-electron chi connectivity index (χ2n) is 4.75. The number of fused-ring (bicyclic) bond motifs is 1. The maximum absolute atomic E-state index is 12.0. The van der Waals surface area contributed by atoms with Gasteiger partial charge in [-0.25, -0.2) is 0 Å². The smallest absolute Gasteiger partial charge is 0.255 e. The Morgan fingerprint density at radius 2 is 1.95 bits per heavy atom. The molecule has 3 rings (SSSR count). The van der Waals surface area contributed by atoms with Crippen LogP contribution in [0.3, 0.4) is 0 Å². The van der Waals surface area contributed by atoms with E-state index in [1.54, 1.807) is 36.4 Å². The first kappa shape index (κ1) is 15.0. The van der Waals surface area contributed by atoms with Gasteiger partial charge >= 0.3 is 0 Å². The fraction of sp³-hybridized carbons (Fsp3) is 0.188. The molecular formula is C16H13Cl2NO3. The molecule has 0 atom stereocenters. The minimum absolute atomic E-state index is 0.172. The van der Waals surface area contributed by atoms with Crippen molar-refractivity contribution < 1.29 is 14.3 Å². The average molecular weight is 338 g/mol. The summed E-state index contributed by atoms with van der Waals surface area (Å²) < 4.78 is 11.2. The number of carbonyl (C=O) groups excluding carboxylic acids is 1. The fourth-order valence-electron chi connectivity index (χ4n) is 2.15. The van der Waals surface area contributed by atoms with Crippen molar-refractivity contribution in [3.63, 3.8) is 0 Å². The summed E-state index contributed by atoms with van der Waals surface area (Å²) in [6.45, 7) is 1.16. The zero-order valence-electron chi connectivity index (χ0n) is 11.6. The van der Waals surface area contributed by atoms with Crippen LogP contribution in [0.2, 0.25) is 10.0 Å².